The van der Waals surface area contributed by atoms with Gasteiger partial charge in [0.2, 0.25) is 11.8 Å². The molecule has 0 aliphatic carbocycles. The van der Waals surface area contributed by atoms with Gasteiger partial charge in [0.25, 0.3) is 0 Å². The Labute approximate surface area is 208 Å². The van der Waals surface area contributed by atoms with Gasteiger partial charge >= 0.3 is 0 Å². The Morgan fingerprint density at radius 3 is 2.40 bits per heavy atom. The number of aromatic nitrogens is 4. The second-order valence-corrected chi connectivity index (χ2v) is 9.87. The van der Waals surface area contributed by atoms with Gasteiger partial charge in [0, 0.05) is 57.6 Å². The number of carbonyl (C=O) groups is 1. The van der Waals surface area contributed by atoms with Crippen LogP contribution in [0.1, 0.15) is 63.0 Å². The van der Waals surface area contributed by atoms with Crippen LogP contribution in [0.25, 0.3) is 22.4 Å². The van der Waals surface area contributed by atoms with Crippen molar-refractivity contribution in [3.8, 4) is 17.1 Å². The van der Waals surface area contributed by atoms with Gasteiger partial charge in [-0.2, -0.15) is 0 Å². The highest BCUT2D eigenvalue weighted by Crippen LogP contribution is 2.33. The third-order valence-electron chi connectivity index (χ3n) is 7.08. The molecule has 1 amide bonds. The summed E-state index contributed by atoms with van der Waals surface area (Å²) in [4.78, 5) is 30.9. The third kappa shape index (κ3) is 5.03. The number of aryl methyl sites for hydroxylation is 2. The Balaban J connectivity index is 1.66. The molecule has 0 bridgehead atoms. The van der Waals surface area contributed by atoms with Crippen LogP contribution in [0, 0.1) is 13.8 Å². The van der Waals surface area contributed by atoms with Crippen molar-refractivity contribution in [3.05, 3.63) is 35.3 Å². The van der Waals surface area contributed by atoms with E-state index in [1.807, 2.05) is 24.0 Å². The van der Waals surface area contributed by atoms with Crippen LogP contribution in [0.2, 0.25) is 0 Å². The summed E-state index contributed by atoms with van der Waals surface area (Å²) in [6.07, 6.45) is 3.18. The standard InChI is InChI=1S/C27H38N6O2/c1-8-21(16-31-11-13-32(14-12-31)20(6)34)33-15-18(4)24-26(33)28-19(5)25(30-24)22-9-10-23(17(2)3)29-27(22)35-7/h9-10,15,17,21H,8,11-14,16H2,1-7H3/t21-/m0/s1. The smallest absolute Gasteiger partial charge is 0.222 e. The average Bonchev–Trinajstić information content (AvgIpc) is 3.16. The summed E-state index contributed by atoms with van der Waals surface area (Å²) in [6.45, 7) is 16.6. The minimum Gasteiger partial charge on any atom is -0.480 e. The zero-order valence-corrected chi connectivity index (χ0v) is 22.1. The van der Waals surface area contributed by atoms with E-state index in [9.17, 15) is 4.79 Å². The zero-order valence-electron chi connectivity index (χ0n) is 22.1. The van der Waals surface area contributed by atoms with Crippen LogP contribution in [0.4, 0.5) is 0 Å². The quantitative estimate of drug-likeness (QED) is 0.502. The molecule has 1 aliphatic heterocycles. The van der Waals surface area contributed by atoms with E-state index in [2.05, 4.69) is 43.4 Å². The molecule has 1 fully saturated rings. The van der Waals surface area contributed by atoms with Crippen LogP contribution < -0.4 is 4.74 Å². The second kappa shape index (κ2) is 10.3. The molecule has 0 aromatic carbocycles. The largest absolute Gasteiger partial charge is 0.480 e. The molecule has 1 atom stereocenters. The van der Waals surface area contributed by atoms with Gasteiger partial charge in [-0.1, -0.05) is 20.8 Å². The predicted molar refractivity (Wildman–Crippen MR) is 139 cm³/mol. The molecule has 4 heterocycles. The Morgan fingerprint density at radius 2 is 1.80 bits per heavy atom. The Bertz CT molecular complexity index is 1210. The number of piperazine rings is 1. The summed E-state index contributed by atoms with van der Waals surface area (Å²) >= 11 is 0. The van der Waals surface area contributed by atoms with E-state index >= 15 is 0 Å². The second-order valence-electron chi connectivity index (χ2n) is 9.87. The lowest BCUT2D eigenvalue weighted by molar-refractivity contribution is -0.130. The molecular formula is C27H38N6O2. The maximum Gasteiger partial charge on any atom is 0.222 e. The monoisotopic (exact) mass is 478 g/mol. The molecule has 8 nitrogen and oxygen atoms in total. The van der Waals surface area contributed by atoms with Crippen LogP contribution in [0.3, 0.4) is 0 Å². The lowest BCUT2D eigenvalue weighted by Gasteiger charge is -2.36. The van der Waals surface area contributed by atoms with Crippen LogP contribution in [0.5, 0.6) is 5.88 Å². The molecule has 0 saturated carbocycles. The van der Waals surface area contributed by atoms with Crippen molar-refractivity contribution in [1.82, 2.24) is 29.3 Å². The summed E-state index contributed by atoms with van der Waals surface area (Å²) in [5.41, 5.74) is 6.48. The summed E-state index contributed by atoms with van der Waals surface area (Å²) in [7, 11) is 1.65. The number of hydrogen-bond acceptors (Lipinski definition) is 6. The van der Waals surface area contributed by atoms with Gasteiger partial charge < -0.3 is 14.2 Å². The molecule has 1 saturated heterocycles. The first-order chi connectivity index (χ1) is 16.7. The fourth-order valence-corrected chi connectivity index (χ4v) is 4.89. The van der Waals surface area contributed by atoms with Crippen LogP contribution >= 0.6 is 0 Å². The molecule has 0 spiro atoms. The summed E-state index contributed by atoms with van der Waals surface area (Å²) in [6, 6.07) is 4.38. The predicted octanol–water partition coefficient (Wildman–Crippen LogP) is 4.36. The molecule has 0 N–H and O–H groups in total. The molecular weight excluding hydrogens is 440 g/mol. The van der Waals surface area contributed by atoms with E-state index < -0.39 is 0 Å². The van der Waals surface area contributed by atoms with Gasteiger partial charge in [0.1, 0.15) is 5.52 Å². The Kier molecular flexibility index (Phi) is 7.40. The number of carbonyl (C=O) groups excluding carboxylic acids is 1. The lowest BCUT2D eigenvalue weighted by Crippen LogP contribution is -2.49. The first-order valence-electron chi connectivity index (χ1n) is 12.6. The first kappa shape index (κ1) is 25.1. The maximum absolute atomic E-state index is 11.7. The zero-order chi connectivity index (χ0) is 25.3. The van der Waals surface area contributed by atoms with Crippen molar-refractivity contribution < 1.29 is 9.53 Å². The number of nitrogens with zero attached hydrogens (tertiary/aromatic N) is 6. The highest BCUT2D eigenvalue weighted by molar-refractivity contribution is 5.81. The lowest BCUT2D eigenvalue weighted by atomic mass is 10.1. The number of pyridine rings is 1. The molecule has 3 aromatic heterocycles. The summed E-state index contributed by atoms with van der Waals surface area (Å²) in [5.74, 6) is 1.07. The topological polar surface area (TPSA) is 76.4 Å². The van der Waals surface area contributed by atoms with Crippen LogP contribution in [-0.4, -0.2) is 75.1 Å². The third-order valence-corrected chi connectivity index (χ3v) is 7.08. The molecule has 3 aromatic rings. The summed E-state index contributed by atoms with van der Waals surface area (Å²) in [5, 5.41) is 0. The molecule has 1 aliphatic rings. The van der Waals surface area contributed by atoms with Crippen molar-refractivity contribution in [2.24, 2.45) is 0 Å². The molecule has 0 unspecified atom stereocenters. The van der Waals surface area contributed by atoms with Gasteiger partial charge in [0.15, 0.2) is 5.65 Å². The fourth-order valence-electron chi connectivity index (χ4n) is 4.89. The van der Waals surface area contributed by atoms with Gasteiger partial charge in [-0.25, -0.2) is 15.0 Å². The normalized spacial score (nSPS) is 15.7. The first-order valence-corrected chi connectivity index (χ1v) is 12.6. The Morgan fingerprint density at radius 1 is 1.09 bits per heavy atom. The van der Waals surface area contributed by atoms with Gasteiger partial charge in [0.05, 0.1) is 24.1 Å². The number of methoxy groups -OCH3 is 1. The molecule has 4 rings (SSSR count). The van der Waals surface area contributed by atoms with Crippen molar-refractivity contribution in [3.63, 3.8) is 0 Å². The van der Waals surface area contributed by atoms with Crippen molar-refractivity contribution >= 4 is 17.1 Å². The number of hydrogen-bond donors (Lipinski definition) is 0. The fraction of sp³-hybridized carbons (Fsp3) is 0.556. The Hall–Kier alpha value is -3.00. The molecule has 8 heteroatoms. The minimum absolute atomic E-state index is 0.163. The molecule has 35 heavy (non-hydrogen) atoms. The van der Waals surface area contributed by atoms with Crippen molar-refractivity contribution in [1.29, 1.82) is 0 Å². The van der Waals surface area contributed by atoms with Gasteiger partial charge in [-0.15, -0.1) is 0 Å². The van der Waals surface area contributed by atoms with Crippen LogP contribution in [-0.2, 0) is 4.79 Å². The van der Waals surface area contributed by atoms with E-state index in [0.717, 1.165) is 78.5 Å². The van der Waals surface area contributed by atoms with E-state index in [1.54, 1.807) is 14.0 Å². The number of rotatable bonds is 7. The highest BCUT2D eigenvalue weighted by Gasteiger charge is 2.24. The van der Waals surface area contributed by atoms with E-state index in [4.69, 9.17) is 19.7 Å². The van der Waals surface area contributed by atoms with Crippen LogP contribution in [0.15, 0.2) is 18.3 Å². The minimum atomic E-state index is 0.163. The molecule has 188 valence electrons. The summed E-state index contributed by atoms with van der Waals surface area (Å²) < 4.78 is 7.94. The number of fused-ring (bicyclic) bond motifs is 1. The number of amides is 1. The van der Waals surface area contributed by atoms with Crippen molar-refractivity contribution in [2.45, 2.75) is 59.9 Å². The van der Waals surface area contributed by atoms with Crippen molar-refractivity contribution in [2.75, 3.05) is 39.8 Å². The van der Waals surface area contributed by atoms with E-state index in [0.29, 0.717) is 11.8 Å². The SMILES string of the molecule is CC[C@@H](CN1CCN(C(C)=O)CC1)n1cc(C)c2nc(-c3ccc(C(C)C)nc3OC)c(C)nc21. The maximum atomic E-state index is 11.7. The van der Waals surface area contributed by atoms with E-state index in [-0.39, 0.29) is 11.9 Å². The van der Waals surface area contributed by atoms with E-state index in [1.165, 1.54) is 0 Å². The number of ether oxygens (including phenoxy) is 1. The van der Waals surface area contributed by atoms with Gasteiger partial charge in [-0.05, 0) is 43.9 Å². The molecule has 0 radical (unpaired) electrons. The highest BCUT2D eigenvalue weighted by atomic mass is 16.5. The average molecular weight is 479 g/mol. The van der Waals surface area contributed by atoms with Gasteiger partial charge in [-0.3, -0.25) is 9.69 Å².